The molecule has 3 nitrogen and oxygen atoms in total. The Labute approximate surface area is 112 Å². The van der Waals surface area contributed by atoms with Crippen LogP contribution in [0.15, 0.2) is 53.1 Å². The van der Waals surface area contributed by atoms with Crippen LogP contribution >= 0.6 is 0 Å². The summed E-state index contributed by atoms with van der Waals surface area (Å²) in [6.07, 6.45) is 1.77. The first-order valence-electron chi connectivity index (χ1n) is 6.23. The Morgan fingerprint density at radius 3 is 2.68 bits per heavy atom. The molecule has 3 rings (SSSR count). The number of nitrogen functional groups attached to an aromatic ring is 1. The molecule has 0 aliphatic rings. The molecule has 0 atom stereocenters. The summed E-state index contributed by atoms with van der Waals surface area (Å²) in [5, 5.41) is 1.09. The molecule has 19 heavy (non-hydrogen) atoms. The zero-order chi connectivity index (χ0) is 13.4. The highest BCUT2D eigenvalue weighted by molar-refractivity contribution is 5.94. The Bertz CT molecular complexity index is 730. The Morgan fingerprint density at radius 2 is 1.84 bits per heavy atom. The van der Waals surface area contributed by atoms with Crippen molar-refractivity contribution in [2.45, 2.75) is 6.92 Å². The highest BCUT2D eigenvalue weighted by Gasteiger charge is 2.13. The van der Waals surface area contributed by atoms with Gasteiger partial charge in [0.2, 0.25) is 0 Å². The SMILES string of the molecule is Cc1ccc(N)c(N(C)c2coc3ccccc23)c1. The van der Waals surface area contributed by atoms with Gasteiger partial charge in [-0.1, -0.05) is 18.2 Å². The largest absolute Gasteiger partial charge is 0.462 e. The molecule has 1 heterocycles. The zero-order valence-corrected chi connectivity index (χ0v) is 11.1. The second kappa shape index (κ2) is 4.35. The second-order valence-electron chi connectivity index (χ2n) is 4.74. The molecular formula is C16H16N2O. The third-order valence-corrected chi connectivity index (χ3v) is 3.37. The van der Waals surface area contributed by atoms with Crippen LogP contribution in [0.4, 0.5) is 17.1 Å². The molecule has 0 bridgehead atoms. The van der Waals surface area contributed by atoms with E-state index in [1.807, 2.05) is 37.4 Å². The number of hydrogen-bond acceptors (Lipinski definition) is 3. The van der Waals surface area contributed by atoms with Crippen molar-refractivity contribution in [1.82, 2.24) is 0 Å². The number of nitrogens with zero attached hydrogens (tertiary/aromatic N) is 1. The number of rotatable bonds is 2. The van der Waals surface area contributed by atoms with Crippen molar-refractivity contribution in [3.05, 3.63) is 54.3 Å². The number of nitrogens with two attached hydrogens (primary N) is 1. The minimum absolute atomic E-state index is 0.762. The summed E-state index contributed by atoms with van der Waals surface area (Å²) in [5.41, 5.74) is 10.9. The van der Waals surface area contributed by atoms with Crippen molar-refractivity contribution >= 4 is 28.0 Å². The topological polar surface area (TPSA) is 42.4 Å². The molecule has 96 valence electrons. The van der Waals surface area contributed by atoms with E-state index >= 15 is 0 Å². The van der Waals surface area contributed by atoms with Crippen LogP contribution in [-0.2, 0) is 0 Å². The van der Waals surface area contributed by atoms with Gasteiger partial charge in [0.05, 0.1) is 17.1 Å². The van der Waals surface area contributed by atoms with E-state index in [1.165, 1.54) is 5.56 Å². The third-order valence-electron chi connectivity index (χ3n) is 3.37. The van der Waals surface area contributed by atoms with E-state index in [9.17, 15) is 0 Å². The maximum Gasteiger partial charge on any atom is 0.136 e. The summed E-state index contributed by atoms with van der Waals surface area (Å²) in [4.78, 5) is 2.06. The summed E-state index contributed by atoms with van der Waals surface area (Å²) in [7, 11) is 2.00. The lowest BCUT2D eigenvalue weighted by Crippen LogP contribution is -2.11. The Kier molecular flexibility index (Phi) is 2.67. The number of hydrogen-bond donors (Lipinski definition) is 1. The predicted molar refractivity (Wildman–Crippen MR) is 79.9 cm³/mol. The van der Waals surface area contributed by atoms with E-state index in [0.29, 0.717) is 0 Å². The van der Waals surface area contributed by atoms with Gasteiger partial charge in [-0.2, -0.15) is 0 Å². The zero-order valence-electron chi connectivity index (χ0n) is 11.1. The van der Waals surface area contributed by atoms with Gasteiger partial charge in [-0.3, -0.25) is 0 Å². The van der Waals surface area contributed by atoms with Crippen molar-refractivity contribution < 1.29 is 4.42 Å². The van der Waals surface area contributed by atoms with Gasteiger partial charge in [-0.15, -0.1) is 0 Å². The molecule has 3 aromatic rings. The van der Waals surface area contributed by atoms with E-state index < -0.39 is 0 Å². The monoisotopic (exact) mass is 252 g/mol. The van der Waals surface area contributed by atoms with Crippen molar-refractivity contribution in [3.63, 3.8) is 0 Å². The van der Waals surface area contributed by atoms with Crippen LogP contribution in [0.3, 0.4) is 0 Å². The van der Waals surface area contributed by atoms with Crippen molar-refractivity contribution in [2.24, 2.45) is 0 Å². The number of benzene rings is 2. The average molecular weight is 252 g/mol. The molecule has 2 N–H and O–H groups in total. The first-order chi connectivity index (χ1) is 9.16. The highest BCUT2D eigenvalue weighted by Crippen LogP contribution is 2.35. The minimum atomic E-state index is 0.762. The molecular weight excluding hydrogens is 236 g/mol. The standard InChI is InChI=1S/C16H16N2O/c1-11-7-8-13(17)14(9-11)18(2)15-10-19-16-6-4-3-5-12(15)16/h3-10H,17H2,1-2H3. The quantitative estimate of drug-likeness (QED) is 0.698. The Hall–Kier alpha value is -2.42. The number of para-hydroxylation sites is 1. The first-order valence-corrected chi connectivity index (χ1v) is 6.23. The molecule has 0 fully saturated rings. The maximum absolute atomic E-state index is 6.07. The number of furan rings is 1. The van der Waals surface area contributed by atoms with Gasteiger partial charge < -0.3 is 15.1 Å². The van der Waals surface area contributed by atoms with Crippen molar-refractivity contribution in [2.75, 3.05) is 17.7 Å². The predicted octanol–water partition coefficient (Wildman–Crippen LogP) is 4.09. The first kappa shape index (κ1) is 11.7. The van der Waals surface area contributed by atoms with Crippen LogP contribution in [0.5, 0.6) is 0 Å². The van der Waals surface area contributed by atoms with Gasteiger partial charge in [0, 0.05) is 12.4 Å². The molecule has 0 saturated heterocycles. The molecule has 0 aliphatic carbocycles. The fourth-order valence-electron chi connectivity index (χ4n) is 2.30. The highest BCUT2D eigenvalue weighted by atomic mass is 16.3. The van der Waals surface area contributed by atoms with Gasteiger partial charge in [-0.25, -0.2) is 0 Å². The van der Waals surface area contributed by atoms with Gasteiger partial charge in [-0.05, 0) is 36.8 Å². The second-order valence-corrected chi connectivity index (χ2v) is 4.74. The fraction of sp³-hybridized carbons (Fsp3) is 0.125. The van der Waals surface area contributed by atoms with E-state index in [0.717, 1.165) is 28.0 Å². The average Bonchev–Trinajstić information content (AvgIpc) is 2.84. The smallest absolute Gasteiger partial charge is 0.136 e. The van der Waals surface area contributed by atoms with Gasteiger partial charge in [0.15, 0.2) is 0 Å². The molecule has 0 radical (unpaired) electrons. The summed E-state index contributed by atoms with van der Waals surface area (Å²) < 4.78 is 5.58. The molecule has 0 aliphatic heterocycles. The van der Waals surface area contributed by atoms with Crippen LogP contribution in [0, 0.1) is 6.92 Å². The van der Waals surface area contributed by atoms with Gasteiger partial charge in [0.1, 0.15) is 11.8 Å². The lowest BCUT2D eigenvalue weighted by molar-refractivity contribution is 0.616. The molecule has 1 aromatic heterocycles. The molecule has 0 spiro atoms. The fourth-order valence-corrected chi connectivity index (χ4v) is 2.30. The summed E-state index contributed by atoms with van der Waals surface area (Å²) >= 11 is 0. The molecule has 3 heteroatoms. The van der Waals surface area contributed by atoms with Crippen LogP contribution in [0.2, 0.25) is 0 Å². The van der Waals surface area contributed by atoms with Crippen LogP contribution in [0.1, 0.15) is 5.56 Å². The van der Waals surface area contributed by atoms with Crippen molar-refractivity contribution in [3.8, 4) is 0 Å². The van der Waals surface area contributed by atoms with E-state index in [1.54, 1.807) is 6.26 Å². The number of aryl methyl sites for hydroxylation is 1. The third kappa shape index (κ3) is 1.93. The van der Waals surface area contributed by atoms with Crippen LogP contribution in [0.25, 0.3) is 11.0 Å². The number of anilines is 3. The van der Waals surface area contributed by atoms with Gasteiger partial charge >= 0.3 is 0 Å². The van der Waals surface area contributed by atoms with Gasteiger partial charge in [0.25, 0.3) is 0 Å². The lowest BCUT2D eigenvalue weighted by atomic mass is 10.1. The number of fused-ring (bicyclic) bond motifs is 1. The van der Waals surface area contributed by atoms with Crippen LogP contribution in [-0.4, -0.2) is 7.05 Å². The molecule has 0 unspecified atom stereocenters. The van der Waals surface area contributed by atoms with E-state index in [4.69, 9.17) is 10.2 Å². The lowest BCUT2D eigenvalue weighted by Gasteiger charge is -2.20. The van der Waals surface area contributed by atoms with E-state index in [-0.39, 0.29) is 0 Å². The normalized spacial score (nSPS) is 10.8. The van der Waals surface area contributed by atoms with E-state index in [2.05, 4.69) is 24.0 Å². The summed E-state index contributed by atoms with van der Waals surface area (Å²) in [5.74, 6) is 0. The van der Waals surface area contributed by atoms with Crippen LogP contribution < -0.4 is 10.6 Å². The molecule has 0 saturated carbocycles. The molecule has 2 aromatic carbocycles. The molecule has 0 amide bonds. The minimum Gasteiger partial charge on any atom is -0.462 e. The Morgan fingerprint density at radius 1 is 1.05 bits per heavy atom. The Balaban J connectivity index is 2.13. The summed E-state index contributed by atoms with van der Waals surface area (Å²) in [6, 6.07) is 14.0. The van der Waals surface area contributed by atoms with Crippen molar-refractivity contribution in [1.29, 1.82) is 0 Å². The maximum atomic E-state index is 6.07. The summed E-state index contributed by atoms with van der Waals surface area (Å²) in [6.45, 7) is 2.06.